The van der Waals surface area contributed by atoms with E-state index in [-0.39, 0.29) is 0 Å². The van der Waals surface area contributed by atoms with E-state index in [1.165, 1.54) is 49.3 Å². The van der Waals surface area contributed by atoms with Gasteiger partial charge in [0.1, 0.15) is 5.82 Å². The minimum absolute atomic E-state index is 0.410. The number of nitrogens with zero attached hydrogens (tertiary/aromatic N) is 5. The van der Waals surface area contributed by atoms with Crippen LogP contribution in [0.5, 0.6) is 6.01 Å². The molecule has 0 aliphatic carbocycles. The van der Waals surface area contributed by atoms with Crippen molar-refractivity contribution >= 4 is 22.3 Å². The highest BCUT2D eigenvalue weighted by Gasteiger charge is 2.16. The molecule has 5 rings (SSSR count). The van der Waals surface area contributed by atoms with Gasteiger partial charge < -0.3 is 14.8 Å². The van der Waals surface area contributed by atoms with Crippen LogP contribution in [-0.2, 0) is 11.3 Å². The molecule has 3 aromatic heterocycles. The standard InChI is InChI=1S/C24H30N6O2S/c1-2-10-30(11-3-1)16-19-4-5-22(26-14-19)29-24-27-15-21(33-24)20-6-9-25-23(28-20)32-17-18-7-12-31-13-8-18/h4-6,9,14-15,18H,1-3,7-8,10-13,16-17H2,(H,26,27,29). The normalized spacial score (nSPS) is 17.7. The number of likely N-dealkylation sites (tertiary alicyclic amines) is 1. The Morgan fingerprint density at radius 1 is 1.03 bits per heavy atom. The molecular formula is C24H30N6O2S. The van der Waals surface area contributed by atoms with Crippen molar-refractivity contribution in [3.05, 3.63) is 42.4 Å². The van der Waals surface area contributed by atoms with Crippen LogP contribution in [0.25, 0.3) is 10.6 Å². The lowest BCUT2D eigenvalue weighted by Crippen LogP contribution is -2.29. The van der Waals surface area contributed by atoms with Gasteiger partial charge >= 0.3 is 6.01 Å². The summed E-state index contributed by atoms with van der Waals surface area (Å²) in [6, 6.07) is 6.46. The minimum atomic E-state index is 0.410. The van der Waals surface area contributed by atoms with Crippen LogP contribution in [0.1, 0.15) is 37.7 Å². The summed E-state index contributed by atoms with van der Waals surface area (Å²) in [7, 11) is 0. The first-order chi connectivity index (χ1) is 16.3. The molecule has 2 aliphatic rings. The Balaban J connectivity index is 1.17. The van der Waals surface area contributed by atoms with E-state index in [9.17, 15) is 0 Å². The van der Waals surface area contributed by atoms with Crippen molar-refractivity contribution in [3.63, 3.8) is 0 Å². The second-order valence-electron chi connectivity index (χ2n) is 8.63. The van der Waals surface area contributed by atoms with Gasteiger partial charge in [0.05, 0.1) is 17.2 Å². The number of piperidine rings is 1. The van der Waals surface area contributed by atoms with Gasteiger partial charge in [-0.3, -0.25) is 4.90 Å². The van der Waals surface area contributed by atoms with Crippen LogP contribution in [0, 0.1) is 5.92 Å². The summed E-state index contributed by atoms with van der Waals surface area (Å²) in [5, 5.41) is 4.09. The lowest BCUT2D eigenvalue weighted by atomic mass is 10.0. The van der Waals surface area contributed by atoms with Gasteiger partial charge in [-0.1, -0.05) is 23.8 Å². The maximum absolute atomic E-state index is 5.85. The Morgan fingerprint density at radius 3 is 2.73 bits per heavy atom. The molecule has 1 N–H and O–H groups in total. The highest BCUT2D eigenvalue weighted by molar-refractivity contribution is 7.18. The van der Waals surface area contributed by atoms with Crippen LogP contribution in [0.3, 0.4) is 0 Å². The average Bonchev–Trinajstić information content (AvgIpc) is 3.34. The molecule has 174 valence electrons. The lowest BCUT2D eigenvalue weighted by molar-refractivity contribution is 0.0482. The number of rotatable bonds is 8. The van der Waals surface area contributed by atoms with Crippen molar-refractivity contribution in [2.75, 3.05) is 38.2 Å². The van der Waals surface area contributed by atoms with Crippen LogP contribution < -0.4 is 10.1 Å². The SMILES string of the molecule is c1cc(-c2cnc(Nc3ccc(CN4CCCCC4)cn3)s2)nc(OCC2CCOCC2)n1. The molecule has 5 heterocycles. The second-order valence-corrected chi connectivity index (χ2v) is 9.67. The van der Waals surface area contributed by atoms with Gasteiger partial charge in [-0.05, 0) is 62.4 Å². The van der Waals surface area contributed by atoms with Crippen molar-refractivity contribution in [2.45, 2.75) is 38.6 Å². The molecule has 0 atom stereocenters. The molecule has 2 fully saturated rings. The molecule has 0 saturated carbocycles. The molecule has 2 aliphatic heterocycles. The summed E-state index contributed by atoms with van der Waals surface area (Å²) >= 11 is 1.54. The first-order valence-corrected chi connectivity index (χ1v) is 12.6. The zero-order valence-electron chi connectivity index (χ0n) is 18.8. The predicted molar refractivity (Wildman–Crippen MR) is 129 cm³/mol. The monoisotopic (exact) mass is 466 g/mol. The number of pyridine rings is 1. The van der Waals surface area contributed by atoms with E-state index < -0.39 is 0 Å². The number of anilines is 2. The fourth-order valence-electron chi connectivity index (χ4n) is 4.18. The summed E-state index contributed by atoms with van der Waals surface area (Å²) in [6.07, 6.45) is 11.5. The maximum atomic E-state index is 5.85. The average molecular weight is 467 g/mol. The highest BCUT2D eigenvalue weighted by Crippen LogP contribution is 2.30. The summed E-state index contributed by atoms with van der Waals surface area (Å²) in [5.74, 6) is 1.30. The van der Waals surface area contributed by atoms with Crippen molar-refractivity contribution in [1.82, 2.24) is 24.8 Å². The van der Waals surface area contributed by atoms with Gasteiger partial charge in [0.25, 0.3) is 0 Å². The molecular weight excluding hydrogens is 436 g/mol. The van der Waals surface area contributed by atoms with Crippen molar-refractivity contribution < 1.29 is 9.47 Å². The molecule has 0 bridgehead atoms. The van der Waals surface area contributed by atoms with Gasteiger partial charge in [0, 0.05) is 38.3 Å². The smallest absolute Gasteiger partial charge is 0.316 e. The topological polar surface area (TPSA) is 85.3 Å². The Bertz CT molecular complexity index is 1020. The Morgan fingerprint density at radius 2 is 1.91 bits per heavy atom. The van der Waals surface area contributed by atoms with E-state index in [1.807, 2.05) is 24.5 Å². The third-order valence-corrected chi connectivity index (χ3v) is 7.03. The van der Waals surface area contributed by atoms with Crippen LogP contribution in [0.2, 0.25) is 0 Å². The van der Waals surface area contributed by atoms with E-state index >= 15 is 0 Å². The van der Waals surface area contributed by atoms with Crippen LogP contribution in [0.4, 0.5) is 10.9 Å². The lowest BCUT2D eigenvalue weighted by Gasteiger charge is -2.26. The zero-order valence-corrected chi connectivity index (χ0v) is 19.6. The second kappa shape index (κ2) is 11.0. The van der Waals surface area contributed by atoms with E-state index in [2.05, 4.69) is 36.2 Å². The minimum Gasteiger partial charge on any atom is -0.463 e. The van der Waals surface area contributed by atoms with Crippen molar-refractivity contribution in [2.24, 2.45) is 5.92 Å². The molecule has 0 unspecified atom stereocenters. The van der Waals surface area contributed by atoms with Crippen LogP contribution >= 0.6 is 11.3 Å². The maximum Gasteiger partial charge on any atom is 0.316 e. The first kappa shape index (κ1) is 22.2. The van der Waals surface area contributed by atoms with Gasteiger partial charge in [0.15, 0.2) is 5.13 Å². The highest BCUT2D eigenvalue weighted by atomic mass is 32.1. The van der Waals surface area contributed by atoms with E-state index in [0.29, 0.717) is 18.5 Å². The summed E-state index contributed by atoms with van der Waals surface area (Å²) < 4.78 is 11.3. The largest absolute Gasteiger partial charge is 0.463 e. The fraction of sp³-hybridized carbons (Fsp3) is 0.500. The molecule has 0 spiro atoms. The van der Waals surface area contributed by atoms with Gasteiger partial charge in [-0.2, -0.15) is 4.98 Å². The molecule has 2 saturated heterocycles. The van der Waals surface area contributed by atoms with E-state index in [4.69, 9.17) is 9.47 Å². The molecule has 9 heteroatoms. The number of hydrogen-bond donors (Lipinski definition) is 1. The third-order valence-electron chi connectivity index (χ3n) is 6.10. The third kappa shape index (κ3) is 6.25. The first-order valence-electron chi connectivity index (χ1n) is 11.8. The number of ether oxygens (including phenoxy) is 2. The van der Waals surface area contributed by atoms with Gasteiger partial charge in [-0.15, -0.1) is 0 Å². The zero-order chi connectivity index (χ0) is 22.3. The van der Waals surface area contributed by atoms with Gasteiger partial charge in [0.2, 0.25) is 0 Å². The predicted octanol–water partition coefficient (Wildman–Crippen LogP) is 4.53. The van der Waals surface area contributed by atoms with Crippen LogP contribution in [-0.4, -0.2) is 57.7 Å². The number of thiazole rings is 1. The fourth-order valence-corrected chi connectivity index (χ4v) is 4.97. The molecule has 0 amide bonds. The quantitative estimate of drug-likeness (QED) is 0.518. The molecule has 3 aromatic rings. The van der Waals surface area contributed by atoms with E-state index in [1.54, 1.807) is 6.20 Å². The summed E-state index contributed by atoms with van der Waals surface area (Å²) in [4.78, 5) is 21.4. The summed E-state index contributed by atoms with van der Waals surface area (Å²) in [5.41, 5.74) is 2.05. The Hall–Kier alpha value is -2.62. The van der Waals surface area contributed by atoms with Crippen LogP contribution in [0.15, 0.2) is 36.8 Å². The number of hydrogen-bond acceptors (Lipinski definition) is 9. The molecule has 0 radical (unpaired) electrons. The molecule has 33 heavy (non-hydrogen) atoms. The molecule has 8 nitrogen and oxygen atoms in total. The Labute approximate surface area is 198 Å². The van der Waals surface area contributed by atoms with Crippen molar-refractivity contribution in [3.8, 4) is 16.6 Å². The molecule has 0 aromatic carbocycles. The number of nitrogens with one attached hydrogen (secondary N) is 1. The van der Waals surface area contributed by atoms with Crippen molar-refractivity contribution in [1.29, 1.82) is 0 Å². The Kier molecular flexibility index (Phi) is 7.40. The summed E-state index contributed by atoms with van der Waals surface area (Å²) in [6.45, 7) is 5.59. The number of aromatic nitrogens is 4. The van der Waals surface area contributed by atoms with Gasteiger partial charge in [-0.25, -0.2) is 15.0 Å². The van der Waals surface area contributed by atoms with E-state index in [0.717, 1.165) is 54.1 Å².